The number of hydrogen-bond donors (Lipinski definition) is 2. The van der Waals surface area contributed by atoms with Gasteiger partial charge in [0.1, 0.15) is 23.9 Å². The first-order valence-corrected chi connectivity index (χ1v) is 7.86. The van der Waals surface area contributed by atoms with E-state index in [-0.39, 0.29) is 5.95 Å². The van der Waals surface area contributed by atoms with E-state index >= 15 is 0 Å². The van der Waals surface area contributed by atoms with Gasteiger partial charge in [-0.05, 0) is 23.8 Å². The molecule has 0 aliphatic heterocycles. The molecule has 0 aliphatic carbocycles. The summed E-state index contributed by atoms with van der Waals surface area (Å²) in [4.78, 5) is 8.00. The molecule has 0 unspecified atom stereocenters. The lowest BCUT2D eigenvalue weighted by Gasteiger charge is -2.13. The fourth-order valence-corrected chi connectivity index (χ4v) is 2.50. The zero-order valence-electron chi connectivity index (χ0n) is 14.0. The minimum Gasteiger partial charge on any atom is -0.496 e. The van der Waals surface area contributed by atoms with Crippen molar-refractivity contribution >= 4 is 11.8 Å². The number of nitrogen functional groups attached to an aromatic ring is 2. The number of nitrogens with zero attached hydrogens (tertiary/aromatic N) is 2. The minimum atomic E-state index is 0.160. The number of benzene rings is 2. The monoisotopic (exact) mass is 336 g/mol. The van der Waals surface area contributed by atoms with Crippen LogP contribution in [0.25, 0.3) is 0 Å². The number of anilines is 2. The highest BCUT2D eigenvalue weighted by Gasteiger charge is 2.10. The third-order valence-electron chi connectivity index (χ3n) is 3.80. The molecule has 0 aliphatic rings. The second-order valence-corrected chi connectivity index (χ2v) is 5.56. The quantitative estimate of drug-likeness (QED) is 0.718. The van der Waals surface area contributed by atoms with E-state index in [1.165, 1.54) is 0 Å². The normalized spacial score (nSPS) is 10.4. The molecule has 4 N–H and O–H groups in total. The molecule has 2 aromatic carbocycles. The van der Waals surface area contributed by atoms with Crippen LogP contribution in [-0.2, 0) is 13.0 Å². The average molecular weight is 336 g/mol. The molecule has 3 rings (SSSR count). The predicted molar refractivity (Wildman–Crippen MR) is 97.4 cm³/mol. The molecule has 0 fully saturated rings. The number of ether oxygens (including phenoxy) is 2. The van der Waals surface area contributed by atoms with Gasteiger partial charge in [-0.15, -0.1) is 0 Å². The summed E-state index contributed by atoms with van der Waals surface area (Å²) >= 11 is 0. The van der Waals surface area contributed by atoms with Gasteiger partial charge in [0.25, 0.3) is 0 Å². The van der Waals surface area contributed by atoms with Crippen LogP contribution in [0.15, 0.2) is 54.7 Å². The third-order valence-corrected chi connectivity index (χ3v) is 3.80. The van der Waals surface area contributed by atoms with Crippen LogP contribution < -0.4 is 20.9 Å². The van der Waals surface area contributed by atoms with Gasteiger partial charge in [-0.3, -0.25) is 0 Å². The van der Waals surface area contributed by atoms with Gasteiger partial charge in [0.2, 0.25) is 5.95 Å². The Morgan fingerprint density at radius 1 is 1.00 bits per heavy atom. The van der Waals surface area contributed by atoms with Gasteiger partial charge < -0.3 is 20.9 Å². The Labute approximate surface area is 146 Å². The molecule has 0 atom stereocenters. The summed E-state index contributed by atoms with van der Waals surface area (Å²) in [5, 5.41) is 0. The number of methoxy groups -OCH3 is 1. The van der Waals surface area contributed by atoms with Crippen LogP contribution in [0.1, 0.15) is 16.7 Å². The van der Waals surface area contributed by atoms with E-state index in [0.717, 1.165) is 28.2 Å². The van der Waals surface area contributed by atoms with Crippen LogP contribution in [0, 0.1) is 0 Å². The van der Waals surface area contributed by atoms with Gasteiger partial charge in [-0.2, -0.15) is 4.98 Å². The van der Waals surface area contributed by atoms with Gasteiger partial charge in [0.05, 0.1) is 7.11 Å². The molecule has 128 valence electrons. The lowest BCUT2D eigenvalue weighted by atomic mass is 10.1. The van der Waals surface area contributed by atoms with Crippen LogP contribution in [0.4, 0.5) is 11.8 Å². The lowest BCUT2D eigenvalue weighted by molar-refractivity contribution is 0.305. The molecular formula is C19H20N4O2. The van der Waals surface area contributed by atoms with Crippen molar-refractivity contribution in [2.24, 2.45) is 0 Å². The first-order valence-electron chi connectivity index (χ1n) is 7.86. The van der Waals surface area contributed by atoms with Crippen LogP contribution in [-0.4, -0.2) is 17.1 Å². The number of rotatable bonds is 6. The summed E-state index contributed by atoms with van der Waals surface area (Å²) in [6.07, 6.45) is 2.16. The van der Waals surface area contributed by atoms with E-state index in [1.54, 1.807) is 13.3 Å². The van der Waals surface area contributed by atoms with Crippen molar-refractivity contribution in [3.05, 3.63) is 71.4 Å². The summed E-state index contributed by atoms with van der Waals surface area (Å²) in [5.74, 6) is 2.04. The molecule has 1 heterocycles. The largest absolute Gasteiger partial charge is 0.496 e. The molecule has 0 radical (unpaired) electrons. The molecular weight excluding hydrogens is 316 g/mol. The van der Waals surface area contributed by atoms with E-state index < -0.39 is 0 Å². The highest BCUT2D eigenvalue weighted by Crippen LogP contribution is 2.28. The van der Waals surface area contributed by atoms with Gasteiger partial charge >= 0.3 is 0 Å². The van der Waals surface area contributed by atoms with E-state index in [4.69, 9.17) is 20.9 Å². The standard InChI is InChI=1S/C19H20N4O2/c1-24-17-8-7-16(25-12-13-5-3-2-4-6-13)10-14(17)9-15-11-22-19(21)23-18(15)20/h2-8,10-11H,9,12H2,1H3,(H4,20,21,22,23). The maximum absolute atomic E-state index is 5.93. The molecule has 0 bridgehead atoms. The van der Waals surface area contributed by atoms with Gasteiger partial charge in [0.15, 0.2) is 0 Å². The van der Waals surface area contributed by atoms with Crippen molar-refractivity contribution in [1.29, 1.82) is 0 Å². The minimum absolute atomic E-state index is 0.160. The summed E-state index contributed by atoms with van der Waals surface area (Å²) in [6, 6.07) is 15.7. The second-order valence-electron chi connectivity index (χ2n) is 5.56. The van der Waals surface area contributed by atoms with E-state index in [1.807, 2.05) is 48.5 Å². The Balaban J connectivity index is 1.80. The smallest absolute Gasteiger partial charge is 0.221 e. The second kappa shape index (κ2) is 7.53. The predicted octanol–water partition coefficient (Wildman–Crippen LogP) is 2.82. The Morgan fingerprint density at radius 3 is 2.52 bits per heavy atom. The third kappa shape index (κ3) is 4.17. The van der Waals surface area contributed by atoms with Crippen molar-refractivity contribution in [3.8, 4) is 11.5 Å². The van der Waals surface area contributed by atoms with Crippen LogP contribution in [0.2, 0.25) is 0 Å². The van der Waals surface area contributed by atoms with Crippen LogP contribution in [0.5, 0.6) is 11.5 Å². The number of aromatic nitrogens is 2. The SMILES string of the molecule is COc1ccc(OCc2ccccc2)cc1Cc1cnc(N)nc1N. The summed E-state index contributed by atoms with van der Waals surface area (Å²) in [6.45, 7) is 0.500. The molecule has 0 saturated carbocycles. The van der Waals surface area contributed by atoms with Crippen molar-refractivity contribution in [2.45, 2.75) is 13.0 Å². The Morgan fingerprint density at radius 2 is 1.80 bits per heavy atom. The lowest BCUT2D eigenvalue weighted by Crippen LogP contribution is -2.05. The van der Waals surface area contributed by atoms with Crippen LogP contribution >= 0.6 is 0 Å². The molecule has 6 heteroatoms. The maximum Gasteiger partial charge on any atom is 0.221 e. The maximum atomic E-state index is 5.93. The molecule has 0 saturated heterocycles. The Bertz CT molecular complexity index is 853. The molecule has 6 nitrogen and oxygen atoms in total. The van der Waals surface area contributed by atoms with Gasteiger partial charge in [0, 0.05) is 23.7 Å². The fraction of sp³-hybridized carbons (Fsp3) is 0.158. The number of hydrogen-bond acceptors (Lipinski definition) is 6. The average Bonchev–Trinajstić information content (AvgIpc) is 2.63. The van der Waals surface area contributed by atoms with Crippen LogP contribution in [0.3, 0.4) is 0 Å². The molecule has 3 aromatic rings. The highest BCUT2D eigenvalue weighted by atomic mass is 16.5. The summed E-state index contributed by atoms with van der Waals surface area (Å²) in [7, 11) is 1.63. The topological polar surface area (TPSA) is 96.3 Å². The summed E-state index contributed by atoms with van der Waals surface area (Å²) in [5.41, 5.74) is 14.3. The van der Waals surface area contributed by atoms with E-state index in [2.05, 4.69) is 9.97 Å². The van der Waals surface area contributed by atoms with Gasteiger partial charge in [-0.25, -0.2) is 4.98 Å². The molecule has 1 aromatic heterocycles. The van der Waals surface area contributed by atoms with Crippen molar-refractivity contribution in [2.75, 3.05) is 18.6 Å². The van der Waals surface area contributed by atoms with Crippen molar-refractivity contribution in [3.63, 3.8) is 0 Å². The van der Waals surface area contributed by atoms with Gasteiger partial charge in [-0.1, -0.05) is 30.3 Å². The first-order chi connectivity index (χ1) is 12.2. The highest BCUT2D eigenvalue weighted by molar-refractivity contribution is 5.48. The first kappa shape index (κ1) is 16.6. The van der Waals surface area contributed by atoms with E-state index in [9.17, 15) is 0 Å². The Hall–Kier alpha value is -3.28. The Kier molecular flexibility index (Phi) is 4.99. The zero-order valence-corrected chi connectivity index (χ0v) is 14.0. The van der Waals surface area contributed by atoms with E-state index in [0.29, 0.717) is 18.8 Å². The van der Waals surface area contributed by atoms with Crippen molar-refractivity contribution < 1.29 is 9.47 Å². The molecule has 0 amide bonds. The van der Waals surface area contributed by atoms with Crippen molar-refractivity contribution in [1.82, 2.24) is 9.97 Å². The fourth-order valence-electron chi connectivity index (χ4n) is 2.50. The zero-order chi connectivity index (χ0) is 17.6. The summed E-state index contributed by atoms with van der Waals surface area (Å²) < 4.78 is 11.3. The number of nitrogens with two attached hydrogens (primary N) is 2. The molecule has 0 spiro atoms. The molecule has 25 heavy (non-hydrogen) atoms.